The van der Waals surface area contributed by atoms with Gasteiger partial charge in [-0.2, -0.15) is 0 Å². The predicted molar refractivity (Wildman–Crippen MR) is 115 cm³/mol. The highest BCUT2D eigenvalue weighted by atomic mass is 16.5. The van der Waals surface area contributed by atoms with Gasteiger partial charge in [0.05, 0.1) is 13.2 Å². The fourth-order valence-corrected chi connectivity index (χ4v) is 2.78. The van der Waals surface area contributed by atoms with Gasteiger partial charge in [-0.25, -0.2) is 4.79 Å². The molecule has 0 saturated carbocycles. The summed E-state index contributed by atoms with van der Waals surface area (Å²) in [4.78, 5) is 23.3. The number of nitrogens with two attached hydrogens (primary N) is 2. The molecule has 10 nitrogen and oxygen atoms in total. The van der Waals surface area contributed by atoms with Crippen LogP contribution in [-0.4, -0.2) is 42.6 Å². The predicted octanol–water partition coefficient (Wildman–Crippen LogP) is 1.87. The first-order chi connectivity index (χ1) is 14.8. The normalized spacial score (nSPS) is 11.3. The maximum absolute atomic E-state index is 12.1. The van der Waals surface area contributed by atoms with Crippen molar-refractivity contribution in [3.63, 3.8) is 0 Å². The maximum Gasteiger partial charge on any atom is 0.330 e. The van der Waals surface area contributed by atoms with Gasteiger partial charge in [0.25, 0.3) is 5.91 Å². The molecule has 1 atom stereocenters. The molecule has 0 aliphatic carbocycles. The number of nitrogen functional groups attached to an aromatic ring is 1. The van der Waals surface area contributed by atoms with Crippen LogP contribution in [0.5, 0.6) is 17.2 Å². The van der Waals surface area contributed by atoms with Crippen molar-refractivity contribution in [1.29, 1.82) is 5.41 Å². The van der Waals surface area contributed by atoms with Crippen molar-refractivity contribution in [2.45, 2.75) is 19.9 Å². The summed E-state index contributed by atoms with van der Waals surface area (Å²) in [5.74, 6) is -1.20. The lowest BCUT2D eigenvalue weighted by molar-refractivity contribution is -0.138. The molecule has 10 heteroatoms. The number of carbonyl (C=O) groups is 2. The van der Waals surface area contributed by atoms with Gasteiger partial charge in [-0.3, -0.25) is 10.2 Å². The Morgan fingerprint density at radius 3 is 2.06 bits per heavy atom. The molecule has 0 bridgehead atoms. The largest absolute Gasteiger partial charge is 0.490 e. The summed E-state index contributed by atoms with van der Waals surface area (Å²) in [6.07, 6.45) is 0. The van der Waals surface area contributed by atoms with E-state index in [9.17, 15) is 14.7 Å². The number of carboxylic acids is 1. The number of benzene rings is 2. The molecule has 0 aliphatic rings. The number of amides is 1. The van der Waals surface area contributed by atoms with Gasteiger partial charge in [0.1, 0.15) is 11.6 Å². The molecule has 0 aromatic heterocycles. The topological polar surface area (TPSA) is 170 Å². The van der Waals surface area contributed by atoms with Crippen molar-refractivity contribution in [2.24, 2.45) is 11.5 Å². The van der Waals surface area contributed by atoms with Gasteiger partial charge < -0.3 is 36.1 Å². The Labute approximate surface area is 179 Å². The number of ether oxygens (including phenoxy) is 3. The first kappa shape index (κ1) is 23.3. The van der Waals surface area contributed by atoms with Crippen LogP contribution in [0, 0.1) is 5.41 Å². The molecular formula is C21H26N4O6. The Bertz CT molecular complexity index is 946. The monoisotopic (exact) mass is 430 g/mol. The van der Waals surface area contributed by atoms with Crippen LogP contribution in [0.1, 0.15) is 31.0 Å². The van der Waals surface area contributed by atoms with E-state index >= 15 is 0 Å². The van der Waals surface area contributed by atoms with Crippen LogP contribution >= 0.6 is 0 Å². The zero-order valence-corrected chi connectivity index (χ0v) is 17.3. The lowest BCUT2D eigenvalue weighted by Gasteiger charge is -2.22. The summed E-state index contributed by atoms with van der Waals surface area (Å²) in [6, 6.07) is 8.13. The van der Waals surface area contributed by atoms with Crippen LogP contribution in [0.4, 0.5) is 5.69 Å². The van der Waals surface area contributed by atoms with Crippen molar-refractivity contribution in [1.82, 2.24) is 0 Å². The Kier molecular flexibility index (Phi) is 8.07. The quantitative estimate of drug-likeness (QED) is 0.251. The van der Waals surface area contributed by atoms with Gasteiger partial charge in [-0.05, 0) is 44.2 Å². The van der Waals surface area contributed by atoms with Gasteiger partial charge in [0, 0.05) is 22.9 Å². The second-order valence-electron chi connectivity index (χ2n) is 6.36. The minimum absolute atomic E-state index is 0.101. The molecule has 2 aromatic rings. The Hall–Kier alpha value is -3.95. The summed E-state index contributed by atoms with van der Waals surface area (Å²) < 4.78 is 16.6. The molecule has 7 N–H and O–H groups in total. The van der Waals surface area contributed by atoms with Crippen LogP contribution in [0.2, 0.25) is 0 Å². The van der Waals surface area contributed by atoms with Crippen molar-refractivity contribution in [3.8, 4) is 17.2 Å². The Morgan fingerprint density at radius 2 is 1.58 bits per heavy atom. The fourth-order valence-electron chi connectivity index (χ4n) is 2.78. The van der Waals surface area contributed by atoms with E-state index in [0.29, 0.717) is 36.0 Å². The molecule has 0 aliphatic heterocycles. The van der Waals surface area contributed by atoms with Crippen LogP contribution < -0.4 is 31.0 Å². The van der Waals surface area contributed by atoms with Gasteiger partial charge in [0.15, 0.2) is 24.1 Å². The second-order valence-corrected chi connectivity index (χ2v) is 6.36. The number of carboxylic acid groups (broad SMARTS) is 1. The highest BCUT2D eigenvalue weighted by Gasteiger charge is 2.27. The lowest BCUT2D eigenvalue weighted by Crippen LogP contribution is -2.24. The lowest BCUT2D eigenvalue weighted by atomic mass is 10.0. The molecule has 2 rings (SSSR count). The number of hydrogen-bond acceptors (Lipinski definition) is 7. The van der Waals surface area contributed by atoms with Crippen LogP contribution in [0.15, 0.2) is 36.4 Å². The molecule has 1 amide bonds. The van der Waals surface area contributed by atoms with Crippen molar-refractivity contribution in [2.75, 3.05) is 25.1 Å². The van der Waals surface area contributed by atoms with Crippen molar-refractivity contribution in [3.05, 3.63) is 47.5 Å². The van der Waals surface area contributed by atoms with Crippen molar-refractivity contribution < 1.29 is 28.9 Å². The summed E-state index contributed by atoms with van der Waals surface area (Å²) in [7, 11) is 0. The average molecular weight is 430 g/mol. The van der Waals surface area contributed by atoms with E-state index in [4.69, 9.17) is 31.1 Å². The highest BCUT2D eigenvalue weighted by molar-refractivity contribution is 5.95. The summed E-state index contributed by atoms with van der Waals surface area (Å²) in [5, 5.41) is 20.3. The summed E-state index contributed by atoms with van der Waals surface area (Å²) in [5.41, 5.74) is 11.8. The number of carbonyl (C=O) groups excluding carboxylic acids is 1. The van der Waals surface area contributed by atoms with Gasteiger partial charge in [-0.1, -0.05) is 0 Å². The first-order valence-corrected chi connectivity index (χ1v) is 9.55. The fraction of sp³-hybridized carbons (Fsp3) is 0.286. The summed E-state index contributed by atoms with van der Waals surface area (Å²) in [6.45, 7) is 3.82. The SMILES string of the molecule is CCOc1cc(OCC(N)=O)c(C(Nc2ccc(C(=N)N)cc2)C(=O)O)cc1OCC. The first-order valence-electron chi connectivity index (χ1n) is 9.55. The third kappa shape index (κ3) is 6.26. The van der Waals surface area contributed by atoms with Gasteiger partial charge in [0.2, 0.25) is 0 Å². The molecule has 0 radical (unpaired) electrons. The number of hydrogen-bond donors (Lipinski definition) is 5. The molecular weight excluding hydrogens is 404 g/mol. The van der Waals surface area contributed by atoms with E-state index in [1.807, 2.05) is 0 Å². The standard InChI is InChI=1S/C21H26N4O6/c1-3-29-16-9-14(15(31-11-18(22)26)10-17(16)30-4-2)19(21(27)28)25-13-7-5-12(6-8-13)20(23)24/h5-10,19,25H,3-4,11H2,1-2H3,(H2,22,26)(H3,23,24)(H,27,28). The van der Waals surface area contributed by atoms with E-state index in [0.717, 1.165) is 0 Å². The minimum atomic E-state index is -1.25. The Balaban J connectivity index is 2.51. The van der Waals surface area contributed by atoms with Crippen LogP contribution in [-0.2, 0) is 9.59 Å². The van der Waals surface area contributed by atoms with Crippen LogP contribution in [0.25, 0.3) is 0 Å². The zero-order chi connectivity index (χ0) is 23.0. The summed E-state index contributed by atoms with van der Waals surface area (Å²) >= 11 is 0. The molecule has 0 spiro atoms. The molecule has 2 aromatic carbocycles. The smallest absolute Gasteiger partial charge is 0.330 e. The third-order valence-electron chi connectivity index (χ3n) is 4.11. The van der Waals surface area contributed by atoms with Crippen molar-refractivity contribution >= 4 is 23.4 Å². The number of aliphatic carboxylic acids is 1. The molecule has 31 heavy (non-hydrogen) atoms. The number of nitrogens with one attached hydrogen (secondary N) is 2. The molecule has 0 heterocycles. The highest BCUT2D eigenvalue weighted by Crippen LogP contribution is 2.39. The maximum atomic E-state index is 12.1. The van der Waals surface area contributed by atoms with E-state index in [1.54, 1.807) is 38.1 Å². The molecule has 166 valence electrons. The van der Waals surface area contributed by atoms with Gasteiger partial charge >= 0.3 is 5.97 Å². The number of rotatable bonds is 12. The molecule has 1 unspecified atom stereocenters. The molecule has 0 saturated heterocycles. The van der Waals surface area contributed by atoms with Gasteiger partial charge in [-0.15, -0.1) is 0 Å². The number of anilines is 1. The average Bonchev–Trinajstić information content (AvgIpc) is 2.72. The van der Waals surface area contributed by atoms with Crippen LogP contribution in [0.3, 0.4) is 0 Å². The van der Waals surface area contributed by atoms with E-state index in [2.05, 4.69) is 5.32 Å². The number of amidine groups is 1. The second kappa shape index (κ2) is 10.7. The van der Waals surface area contributed by atoms with E-state index < -0.39 is 24.5 Å². The third-order valence-corrected chi connectivity index (χ3v) is 4.11. The number of primary amides is 1. The van der Waals surface area contributed by atoms with E-state index in [-0.39, 0.29) is 17.1 Å². The minimum Gasteiger partial charge on any atom is -0.490 e. The molecule has 0 fully saturated rings. The zero-order valence-electron chi connectivity index (χ0n) is 17.3. The Morgan fingerprint density at radius 1 is 1.00 bits per heavy atom. The van der Waals surface area contributed by atoms with E-state index in [1.165, 1.54) is 12.1 Å².